The zero-order valence-corrected chi connectivity index (χ0v) is 24.8. The van der Waals surface area contributed by atoms with Crippen LogP contribution in [0, 0.1) is 11.8 Å². The summed E-state index contributed by atoms with van der Waals surface area (Å²) in [7, 11) is 0. The summed E-state index contributed by atoms with van der Waals surface area (Å²) in [5.41, 5.74) is 2.58. The summed E-state index contributed by atoms with van der Waals surface area (Å²) in [6.07, 6.45) is 4.16. The molecule has 3 atom stereocenters. The van der Waals surface area contributed by atoms with Crippen LogP contribution in [0.4, 0.5) is 0 Å². The molecule has 4 rings (SSSR count). The van der Waals surface area contributed by atoms with Gasteiger partial charge in [0.1, 0.15) is 6.04 Å². The Morgan fingerprint density at radius 1 is 0.884 bits per heavy atom. The number of hydrogen-bond acceptors (Lipinski definition) is 5. The first-order valence-corrected chi connectivity index (χ1v) is 14.8. The second-order valence-corrected chi connectivity index (χ2v) is 11.4. The van der Waals surface area contributed by atoms with Crippen molar-refractivity contribution >= 4 is 28.5 Å². The molecule has 0 aliphatic rings. The molecule has 0 saturated heterocycles. The van der Waals surface area contributed by atoms with Gasteiger partial charge < -0.3 is 26.0 Å². The van der Waals surface area contributed by atoms with Crippen LogP contribution < -0.4 is 16.0 Å². The van der Waals surface area contributed by atoms with Crippen molar-refractivity contribution < 1.29 is 19.5 Å². The maximum Gasteiger partial charge on any atom is 0.243 e. The Balaban J connectivity index is 1.55. The van der Waals surface area contributed by atoms with Crippen molar-refractivity contribution in [3.8, 4) is 0 Å². The van der Waals surface area contributed by atoms with Crippen molar-refractivity contribution in [1.29, 1.82) is 0 Å². The molecule has 0 fully saturated rings. The number of aliphatic hydroxyl groups is 1. The molecule has 0 aliphatic heterocycles. The topological polar surface area (TPSA) is 136 Å². The lowest BCUT2D eigenvalue weighted by molar-refractivity contribution is -0.133. The molecule has 3 aromatic carbocycles. The Bertz CT molecular complexity index is 1470. The molecule has 1 heterocycles. The highest BCUT2D eigenvalue weighted by atomic mass is 16.3. The average molecular weight is 584 g/mol. The van der Waals surface area contributed by atoms with Crippen molar-refractivity contribution in [2.24, 2.45) is 11.8 Å². The maximum atomic E-state index is 13.9. The number of imidazole rings is 1. The molecule has 0 bridgehead atoms. The van der Waals surface area contributed by atoms with Gasteiger partial charge >= 0.3 is 0 Å². The summed E-state index contributed by atoms with van der Waals surface area (Å²) in [6.45, 7) is 4.17. The van der Waals surface area contributed by atoms with E-state index >= 15 is 0 Å². The molecular formula is C34H41N5O4. The number of aliphatic hydroxyl groups excluding tert-OH is 1. The highest BCUT2D eigenvalue weighted by Crippen LogP contribution is 2.23. The van der Waals surface area contributed by atoms with Crippen LogP contribution in [0.5, 0.6) is 0 Å². The number of H-pyrrole nitrogens is 1. The van der Waals surface area contributed by atoms with Crippen LogP contribution in [-0.4, -0.2) is 51.5 Å². The Labute approximate surface area is 252 Å². The van der Waals surface area contributed by atoms with E-state index in [1.54, 1.807) is 6.20 Å². The van der Waals surface area contributed by atoms with E-state index in [9.17, 15) is 19.5 Å². The van der Waals surface area contributed by atoms with E-state index in [4.69, 9.17) is 0 Å². The van der Waals surface area contributed by atoms with Crippen LogP contribution in [0.1, 0.15) is 43.5 Å². The number of amides is 3. The lowest BCUT2D eigenvalue weighted by Crippen LogP contribution is -2.53. The Morgan fingerprint density at radius 3 is 2.35 bits per heavy atom. The van der Waals surface area contributed by atoms with Gasteiger partial charge in [0.05, 0.1) is 24.9 Å². The number of nitrogens with one attached hydrogen (secondary N) is 4. The number of aromatic nitrogens is 2. The fourth-order valence-corrected chi connectivity index (χ4v) is 5.25. The second kappa shape index (κ2) is 15.7. The van der Waals surface area contributed by atoms with Gasteiger partial charge in [0.15, 0.2) is 0 Å². The largest absolute Gasteiger partial charge is 0.394 e. The van der Waals surface area contributed by atoms with Crippen LogP contribution in [0.25, 0.3) is 10.8 Å². The number of carbonyl (C=O) groups is 3. The van der Waals surface area contributed by atoms with E-state index in [1.165, 1.54) is 6.33 Å². The van der Waals surface area contributed by atoms with Crippen molar-refractivity contribution in [2.75, 3.05) is 6.61 Å². The summed E-state index contributed by atoms with van der Waals surface area (Å²) in [6, 6.07) is 22.1. The van der Waals surface area contributed by atoms with Crippen LogP contribution in [0.3, 0.4) is 0 Å². The van der Waals surface area contributed by atoms with Crippen LogP contribution >= 0.6 is 0 Å². The van der Waals surface area contributed by atoms with Crippen LogP contribution in [0.2, 0.25) is 0 Å². The Kier molecular flexibility index (Phi) is 11.4. The molecule has 1 aromatic heterocycles. The van der Waals surface area contributed by atoms with Crippen molar-refractivity contribution in [1.82, 2.24) is 25.9 Å². The lowest BCUT2D eigenvalue weighted by Gasteiger charge is -2.25. The van der Waals surface area contributed by atoms with Gasteiger partial charge in [-0.15, -0.1) is 0 Å². The molecule has 9 heteroatoms. The maximum absolute atomic E-state index is 13.9. The first-order valence-electron chi connectivity index (χ1n) is 14.8. The third kappa shape index (κ3) is 9.51. The molecule has 43 heavy (non-hydrogen) atoms. The van der Waals surface area contributed by atoms with Gasteiger partial charge in [0, 0.05) is 31.3 Å². The lowest BCUT2D eigenvalue weighted by atomic mass is 9.91. The number of carbonyl (C=O) groups excluding carboxylic acids is 3. The number of nitrogens with zero attached hydrogens (tertiary/aromatic N) is 1. The summed E-state index contributed by atoms with van der Waals surface area (Å²) in [4.78, 5) is 47.5. The molecule has 0 saturated carbocycles. The minimum atomic E-state index is -0.934. The van der Waals surface area contributed by atoms with Crippen LogP contribution in [0.15, 0.2) is 85.3 Å². The van der Waals surface area contributed by atoms with E-state index in [2.05, 4.69) is 25.9 Å². The van der Waals surface area contributed by atoms with Crippen molar-refractivity contribution in [2.45, 2.75) is 58.2 Å². The number of fused-ring (bicyclic) bond motifs is 1. The molecule has 226 valence electrons. The van der Waals surface area contributed by atoms with E-state index < -0.39 is 29.8 Å². The molecule has 0 spiro atoms. The van der Waals surface area contributed by atoms with E-state index in [0.29, 0.717) is 25.1 Å². The Hall–Kier alpha value is -4.50. The smallest absolute Gasteiger partial charge is 0.243 e. The third-order valence-electron chi connectivity index (χ3n) is 7.42. The molecule has 0 unspecified atom stereocenters. The van der Waals surface area contributed by atoms with Gasteiger partial charge in [-0.05, 0) is 40.7 Å². The summed E-state index contributed by atoms with van der Waals surface area (Å²) in [5.74, 6) is -1.52. The summed E-state index contributed by atoms with van der Waals surface area (Å²) in [5, 5.41) is 20.7. The normalized spacial score (nSPS) is 13.3. The molecule has 5 N–H and O–H groups in total. The van der Waals surface area contributed by atoms with Crippen molar-refractivity contribution in [3.05, 3.63) is 102 Å². The minimum absolute atomic E-state index is 0.0487. The fourth-order valence-electron chi connectivity index (χ4n) is 5.25. The van der Waals surface area contributed by atoms with E-state index in [1.807, 2.05) is 86.6 Å². The highest BCUT2D eigenvalue weighted by Gasteiger charge is 2.29. The second-order valence-electron chi connectivity index (χ2n) is 11.4. The molecule has 4 aromatic rings. The first-order chi connectivity index (χ1) is 20.8. The monoisotopic (exact) mass is 583 g/mol. The SMILES string of the molecule is CC(C)C[C@@H](CO)NC(=O)[C@H](Cc1cnc[nH]1)NC(=O)[C@@H](CC(=O)NCc1ccccc1)Cc1cccc2ccccc12. The van der Waals surface area contributed by atoms with Gasteiger partial charge in [0.25, 0.3) is 0 Å². The molecule has 0 radical (unpaired) electrons. The summed E-state index contributed by atoms with van der Waals surface area (Å²) >= 11 is 0. The standard InChI is InChI=1S/C34H41N5O4/c1-23(2)15-29(21-40)38-34(43)31(18-28-20-35-22-37-28)39-33(42)27(17-32(41)36-19-24-9-4-3-5-10-24)16-26-13-8-12-25-11-6-7-14-30(25)26/h3-14,20,22-23,27,29,31,40H,15-19,21H2,1-2H3,(H,35,37)(H,36,41)(H,38,43)(H,39,42)/t27-,29+,31+/m1/s1. The number of hydrogen-bond donors (Lipinski definition) is 5. The van der Waals surface area contributed by atoms with Crippen LogP contribution in [-0.2, 0) is 33.8 Å². The fraction of sp³-hybridized carbons (Fsp3) is 0.353. The molecule has 9 nitrogen and oxygen atoms in total. The van der Waals surface area contributed by atoms with Gasteiger partial charge in [0.2, 0.25) is 17.7 Å². The summed E-state index contributed by atoms with van der Waals surface area (Å²) < 4.78 is 0. The van der Waals surface area contributed by atoms with E-state index in [0.717, 1.165) is 21.9 Å². The highest BCUT2D eigenvalue weighted by molar-refractivity contribution is 5.92. The Morgan fingerprint density at radius 2 is 1.63 bits per heavy atom. The minimum Gasteiger partial charge on any atom is -0.394 e. The van der Waals surface area contributed by atoms with E-state index in [-0.39, 0.29) is 31.3 Å². The first kappa shape index (κ1) is 31.4. The number of benzene rings is 3. The number of aromatic amines is 1. The average Bonchev–Trinajstić information content (AvgIpc) is 3.52. The van der Waals surface area contributed by atoms with Crippen molar-refractivity contribution in [3.63, 3.8) is 0 Å². The van der Waals surface area contributed by atoms with Gasteiger partial charge in [-0.1, -0.05) is 86.6 Å². The molecule has 3 amide bonds. The van der Waals surface area contributed by atoms with Gasteiger partial charge in [-0.3, -0.25) is 14.4 Å². The predicted octanol–water partition coefficient (Wildman–Crippen LogP) is 3.68. The van der Waals surface area contributed by atoms with Gasteiger partial charge in [-0.2, -0.15) is 0 Å². The third-order valence-corrected chi connectivity index (χ3v) is 7.42. The zero-order chi connectivity index (χ0) is 30.6. The number of rotatable bonds is 15. The molecule has 0 aliphatic carbocycles. The zero-order valence-electron chi connectivity index (χ0n) is 24.8. The van der Waals surface area contributed by atoms with Gasteiger partial charge in [-0.25, -0.2) is 4.98 Å². The quantitative estimate of drug-likeness (QED) is 0.146. The molecular weight excluding hydrogens is 542 g/mol. The predicted molar refractivity (Wildman–Crippen MR) is 167 cm³/mol.